The van der Waals surface area contributed by atoms with Gasteiger partial charge in [-0.2, -0.15) is 10.5 Å². The van der Waals surface area contributed by atoms with Crippen molar-refractivity contribution in [1.82, 2.24) is 19.8 Å². The van der Waals surface area contributed by atoms with E-state index in [0.717, 1.165) is 66.9 Å². The quantitative estimate of drug-likeness (QED) is 0.122. The van der Waals surface area contributed by atoms with E-state index in [1.807, 2.05) is 70.2 Å². The van der Waals surface area contributed by atoms with E-state index in [-0.39, 0.29) is 51.3 Å². The van der Waals surface area contributed by atoms with Crippen LogP contribution in [-0.2, 0) is 18.8 Å². The van der Waals surface area contributed by atoms with Crippen molar-refractivity contribution in [2.75, 3.05) is 65.3 Å². The Kier molecular flexibility index (Phi) is 17.8. The smallest absolute Gasteiger partial charge is 0.454 e. The van der Waals surface area contributed by atoms with Gasteiger partial charge in [-0.25, -0.2) is 8.78 Å². The van der Waals surface area contributed by atoms with Gasteiger partial charge in [-0.3, -0.25) is 19.6 Å². The Morgan fingerprint density at radius 3 is 1.55 bits per heavy atom. The van der Waals surface area contributed by atoms with Crippen LogP contribution in [0.3, 0.4) is 0 Å². The maximum absolute atomic E-state index is 14.9. The molecule has 0 saturated carbocycles. The Labute approximate surface area is 480 Å². The number of benzene rings is 4. The van der Waals surface area contributed by atoms with Crippen LogP contribution >= 0.6 is 11.6 Å². The highest BCUT2D eigenvalue weighted by Crippen LogP contribution is 2.39. The summed E-state index contributed by atoms with van der Waals surface area (Å²) >= 11 is 6.02. The summed E-state index contributed by atoms with van der Waals surface area (Å²) in [7, 11) is 6.01. The van der Waals surface area contributed by atoms with Crippen LogP contribution in [0.15, 0.2) is 118 Å². The number of amides is 2. The Bertz CT molecular complexity index is 3730. The number of carbonyl (C=O) groups is 2. The molecule has 8 aromatic rings. The molecule has 4 aromatic heterocycles. The zero-order chi connectivity index (χ0) is 58.5. The number of rotatable bonds is 10. The molecule has 3 aliphatic heterocycles. The minimum atomic E-state index is -0.557. The fraction of sp³-hybridized carbons (Fsp3) is 0.323. The standard InChI is InChI=1S/C28H25FN4O3.C18H25BN2O3.C16H12ClFN2O2/c1-33(2)28(34)18-3-5-22(23(29)14-18)26-15-25-27(36-26)21(7-10-31-25)17-4-6-24(19(13-17)16-30)32-20-8-11-35-12-9-20;1-17(2)18(3,4)24-19(23-17)14-5-6-16(13(11-14)12-20)21-15-7-9-22-10-8-15;1-20(2)16(21)9-3-4-10(12(18)7-9)14-8-13-15(22-14)11(17)5-6-19-13/h3-7,10,13-15,20,32H,8-9,11-12H2,1-2H3;5-6,11,15,21H,7-10H2,1-4H3;3-8H,1-2H3. The third kappa shape index (κ3) is 12.9. The number of aromatic nitrogens is 2. The molecule has 3 fully saturated rings. The second-order valence-corrected chi connectivity index (χ2v) is 21.9. The molecule has 0 bridgehead atoms. The van der Waals surface area contributed by atoms with Crippen molar-refractivity contribution in [1.29, 1.82) is 10.5 Å². The predicted octanol–water partition coefficient (Wildman–Crippen LogP) is 11.9. The first-order valence-corrected chi connectivity index (χ1v) is 27.2. The molecule has 20 heteroatoms. The van der Waals surface area contributed by atoms with Gasteiger partial charge in [-0.05, 0) is 137 Å². The van der Waals surface area contributed by atoms with E-state index in [9.17, 15) is 28.9 Å². The molecule has 3 saturated heterocycles. The first kappa shape index (κ1) is 58.5. The molecule has 2 amide bonds. The van der Waals surface area contributed by atoms with Gasteiger partial charge in [0.2, 0.25) is 0 Å². The van der Waals surface area contributed by atoms with E-state index in [1.54, 1.807) is 70.9 Å². The summed E-state index contributed by atoms with van der Waals surface area (Å²) in [5.41, 5.74) is 7.50. The molecular formula is C62H62BClF2N8O8. The van der Waals surface area contributed by atoms with Crippen molar-refractivity contribution in [3.8, 4) is 45.9 Å². The third-order valence-electron chi connectivity index (χ3n) is 14.9. The number of nitrogens with zero attached hydrogens (tertiary/aromatic N) is 6. The van der Waals surface area contributed by atoms with Gasteiger partial charge in [-0.1, -0.05) is 23.7 Å². The zero-order valence-electron chi connectivity index (χ0n) is 46.9. The number of fused-ring (bicyclic) bond motifs is 2. The van der Waals surface area contributed by atoms with E-state index in [0.29, 0.717) is 69.1 Å². The van der Waals surface area contributed by atoms with Crippen molar-refractivity contribution in [3.05, 3.63) is 148 Å². The van der Waals surface area contributed by atoms with E-state index in [1.165, 1.54) is 34.1 Å². The number of nitrogens with one attached hydrogen (secondary N) is 2. The normalized spacial score (nSPS) is 15.8. The Morgan fingerprint density at radius 1 is 0.610 bits per heavy atom. The summed E-state index contributed by atoms with van der Waals surface area (Å²) in [6.45, 7) is 11.1. The third-order valence-corrected chi connectivity index (χ3v) is 15.2. The first-order chi connectivity index (χ1) is 39.2. The van der Waals surface area contributed by atoms with Gasteiger partial charge in [0, 0.05) is 108 Å². The van der Waals surface area contributed by atoms with Gasteiger partial charge in [-0.15, -0.1) is 0 Å². The number of ether oxygens (including phenoxy) is 2. The summed E-state index contributed by atoms with van der Waals surface area (Å²) in [5.74, 6) is -1.01. The molecule has 0 unspecified atom stereocenters. The van der Waals surface area contributed by atoms with E-state index in [4.69, 9.17) is 39.2 Å². The highest BCUT2D eigenvalue weighted by Gasteiger charge is 2.51. The fourth-order valence-corrected chi connectivity index (χ4v) is 9.70. The molecule has 2 N–H and O–H groups in total. The number of carbonyl (C=O) groups excluding carboxylic acids is 2. The summed E-state index contributed by atoms with van der Waals surface area (Å²) in [4.78, 5) is 35.3. The van der Waals surface area contributed by atoms with Gasteiger partial charge >= 0.3 is 7.12 Å². The van der Waals surface area contributed by atoms with Crippen LogP contribution in [-0.4, -0.2) is 117 Å². The maximum Gasteiger partial charge on any atom is 0.494 e. The Hall–Kier alpha value is -8.17. The summed E-state index contributed by atoms with van der Waals surface area (Å²) in [5, 5.41) is 26.7. The van der Waals surface area contributed by atoms with Gasteiger partial charge in [0.1, 0.15) is 46.3 Å². The molecule has 4 aromatic carbocycles. The van der Waals surface area contributed by atoms with E-state index in [2.05, 4.69) is 32.7 Å². The van der Waals surface area contributed by atoms with Gasteiger partial charge in [0.15, 0.2) is 11.2 Å². The van der Waals surface area contributed by atoms with Crippen molar-refractivity contribution >= 4 is 69.6 Å². The monoisotopic (exact) mass is 1130 g/mol. The number of anilines is 2. The van der Waals surface area contributed by atoms with Crippen LogP contribution in [0.1, 0.15) is 85.2 Å². The van der Waals surface area contributed by atoms with E-state index < -0.39 is 18.8 Å². The van der Waals surface area contributed by atoms with Crippen molar-refractivity contribution in [2.24, 2.45) is 0 Å². The SMILES string of the molecule is CC1(C)OB(c2ccc(NC3CCOCC3)c(C#N)c2)OC1(C)C.CN(C)C(=O)c1ccc(-c2cc3nccc(-c4ccc(NC5CCOCC5)c(C#N)c4)c3o2)c(F)c1.CN(C)C(=O)c1ccc(-c2cc3nccc(Cl)c3o2)c(F)c1. The lowest BCUT2D eigenvalue weighted by molar-refractivity contribution is 0.00578. The Balaban J connectivity index is 0.000000155. The van der Waals surface area contributed by atoms with Crippen LogP contribution in [0.2, 0.25) is 5.02 Å². The minimum Gasteiger partial charge on any atom is -0.454 e. The highest BCUT2D eigenvalue weighted by molar-refractivity contribution is 6.62. The van der Waals surface area contributed by atoms with Crippen LogP contribution < -0.4 is 16.1 Å². The number of pyridine rings is 2. The fourth-order valence-electron chi connectivity index (χ4n) is 9.51. The molecule has 0 spiro atoms. The first-order valence-electron chi connectivity index (χ1n) is 26.8. The van der Waals surface area contributed by atoms with Crippen LogP contribution in [0, 0.1) is 34.3 Å². The summed E-state index contributed by atoms with van der Waals surface area (Å²) in [6.07, 6.45) is 6.93. The molecule has 16 nitrogen and oxygen atoms in total. The van der Waals surface area contributed by atoms with Crippen LogP contribution in [0.4, 0.5) is 20.2 Å². The molecule has 82 heavy (non-hydrogen) atoms. The number of hydrogen-bond acceptors (Lipinski definition) is 14. The number of furan rings is 2. The summed E-state index contributed by atoms with van der Waals surface area (Å²) < 4.78 is 63.9. The van der Waals surface area contributed by atoms with Crippen LogP contribution in [0.5, 0.6) is 0 Å². The summed E-state index contributed by atoms with van der Waals surface area (Å²) in [6, 6.07) is 31.9. The topological polar surface area (TPSA) is 201 Å². The maximum atomic E-state index is 14.9. The lowest BCUT2D eigenvalue weighted by Gasteiger charge is -2.32. The molecule has 7 heterocycles. The largest absolute Gasteiger partial charge is 0.494 e. The zero-order valence-corrected chi connectivity index (χ0v) is 47.6. The molecule has 0 aliphatic carbocycles. The van der Waals surface area contributed by atoms with Crippen molar-refractivity contribution < 1.29 is 46.0 Å². The average molecular weight is 1130 g/mol. The second-order valence-electron chi connectivity index (χ2n) is 21.5. The minimum absolute atomic E-state index is 0.239. The van der Waals surface area contributed by atoms with Crippen molar-refractivity contribution in [2.45, 2.75) is 76.7 Å². The average Bonchev–Trinajstić information content (AvgIpc) is 4.39. The van der Waals surface area contributed by atoms with Crippen molar-refractivity contribution in [3.63, 3.8) is 0 Å². The molecule has 11 rings (SSSR count). The molecule has 422 valence electrons. The number of nitriles is 2. The molecule has 3 aliphatic rings. The molecule has 0 radical (unpaired) electrons. The molecular weight excluding hydrogens is 1070 g/mol. The highest BCUT2D eigenvalue weighted by atomic mass is 35.5. The Morgan fingerprint density at radius 2 is 1.07 bits per heavy atom. The van der Waals surface area contributed by atoms with Crippen LogP contribution in [0.25, 0.3) is 56.0 Å². The number of halogens is 3. The van der Waals surface area contributed by atoms with Gasteiger partial charge in [0.25, 0.3) is 11.8 Å². The second kappa shape index (κ2) is 24.9. The lowest BCUT2D eigenvalue weighted by Crippen LogP contribution is -2.41. The van der Waals surface area contributed by atoms with Gasteiger partial charge in [0.05, 0.1) is 49.9 Å². The number of hydrogen-bond donors (Lipinski definition) is 2. The predicted molar refractivity (Wildman–Crippen MR) is 312 cm³/mol. The molecule has 0 atom stereocenters. The lowest BCUT2D eigenvalue weighted by atomic mass is 9.78. The van der Waals surface area contributed by atoms with Gasteiger partial charge < -0.3 is 48.1 Å². The van der Waals surface area contributed by atoms with E-state index >= 15 is 0 Å².